The van der Waals surface area contributed by atoms with E-state index in [9.17, 15) is 4.79 Å². The number of fused-ring (bicyclic) bond motifs is 1. The second-order valence-corrected chi connectivity index (χ2v) is 6.01. The molecule has 1 aromatic heterocycles. The van der Waals surface area contributed by atoms with Crippen LogP contribution in [0.5, 0.6) is 0 Å². The second kappa shape index (κ2) is 7.10. The van der Waals surface area contributed by atoms with Crippen molar-refractivity contribution in [3.63, 3.8) is 0 Å². The van der Waals surface area contributed by atoms with Gasteiger partial charge in [-0.3, -0.25) is 4.79 Å². The third-order valence-corrected chi connectivity index (χ3v) is 4.53. The lowest BCUT2D eigenvalue weighted by molar-refractivity contribution is -0.146. The van der Waals surface area contributed by atoms with Crippen molar-refractivity contribution >= 4 is 16.9 Å². The van der Waals surface area contributed by atoms with Gasteiger partial charge in [0.2, 0.25) is 0 Å². The molecule has 1 saturated heterocycles. The van der Waals surface area contributed by atoms with E-state index in [0.29, 0.717) is 6.54 Å². The van der Waals surface area contributed by atoms with Crippen LogP contribution in [0.2, 0.25) is 0 Å². The molecule has 0 radical (unpaired) electrons. The standard InChI is InChI=1S/C17H24N4O2/c1-23-17(8-11-18-12-9-17)16(22)19-10-4-7-15-20-13-5-2-3-6-14(13)21-15/h2-3,5-6,18H,4,7-12H2,1H3,(H,19,22)(H,20,21). The lowest BCUT2D eigenvalue weighted by atomic mass is 9.91. The van der Waals surface area contributed by atoms with Crippen molar-refractivity contribution in [1.82, 2.24) is 20.6 Å². The number of piperidine rings is 1. The molecule has 2 aromatic rings. The Balaban J connectivity index is 1.48. The van der Waals surface area contributed by atoms with Crippen LogP contribution in [0.4, 0.5) is 0 Å². The molecule has 1 aliphatic heterocycles. The monoisotopic (exact) mass is 316 g/mol. The van der Waals surface area contributed by atoms with Crippen LogP contribution in [0.15, 0.2) is 24.3 Å². The van der Waals surface area contributed by atoms with Gasteiger partial charge in [0.15, 0.2) is 0 Å². The van der Waals surface area contributed by atoms with E-state index in [1.165, 1.54) is 0 Å². The Hall–Kier alpha value is -1.92. The van der Waals surface area contributed by atoms with Gasteiger partial charge in [-0.15, -0.1) is 0 Å². The zero-order valence-electron chi connectivity index (χ0n) is 13.5. The molecule has 124 valence electrons. The van der Waals surface area contributed by atoms with Crippen LogP contribution in [0.25, 0.3) is 11.0 Å². The maximum atomic E-state index is 12.4. The van der Waals surface area contributed by atoms with E-state index in [4.69, 9.17) is 4.74 Å². The normalized spacial score (nSPS) is 17.3. The molecule has 1 aliphatic rings. The van der Waals surface area contributed by atoms with Crippen LogP contribution >= 0.6 is 0 Å². The Bertz CT molecular complexity index is 628. The number of aryl methyl sites for hydroxylation is 1. The summed E-state index contributed by atoms with van der Waals surface area (Å²) >= 11 is 0. The predicted molar refractivity (Wildman–Crippen MR) is 89.3 cm³/mol. The number of amides is 1. The van der Waals surface area contributed by atoms with Crippen LogP contribution in [-0.4, -0.2) is 48.2 Å². The number of para-hydroxylation sites is 2. The predicted octanol–water partition coefficient (Wildman–Crippen LogP) is 1.38. The summed E-state index contributed by atoms with van der Waals surface area (Å²) in [4.78, 5) is 20.3. The molecule has 23 heavy (non-hydrogen) atoms. The van der Waals surface area contributed by atoms with E-state index in [2.05, 4.69) is 20.6 Å². The Labute approximate surface area is 136 Å². The number of rotatable bonds is 6. The summed E-state index contributed by atoms with van der Waals surface area (Å²) in [6.45, 7) is 2.27. The Morgan fingerprint density at radius 2 is 2.13 bits per heavy atom. The van der Waals surface area contributed by atoms with Crippen LogP contribution in [0, 0.1) is 0 Å². The van der Waals surface area contributed by atoms with Gasteiger partial charge in [0, 0.05) is 20.1 Å². The van der Waals surface area contributed by atoms with E-state index in [1.54, 1.807) is 7.11 Å². The van der Waals surface area contributed by atoms with Crippen molar-refractivity contribution in [2.24, 2.45) is 0 Å². The average Bonchev–Trinajstić information content (AvgIpc) is 3.02. The lowest BCUT2D eigenvalue weighted by Crippen LogP contribution is -2.54. The maximum Gasteiger partial charge on any atom is 0.252 e. The molecule has 6 nitrogen and oxygen atoms in total. The summed E-state index contributed by atoms with van der Waals surface area (Å²) in [6.07, 6.45) is 3.11. The topological polar surface area (TPSA) is 79.0 Å². The zero-order valence-corrected chi connectivity index (χ0v) is 13.5. The highest BCUT2D eigenvalue weighted by atomic mass is 16.5. The van der Waals surface area contributed by atoms with E-state index in [0.717, 1.165) is 55.6 Å². The molecule has 6 heteroatoms. The van der Waals surface area contributed by atoms with Crippen molar-refractivity contribution in [2.45, 2.75) is 31.3 Å². The van der Waals surface area contributed by atoms with Gasteiger partial charge in [0.1, 0.15) is 11.4 Å². The first-order valence-electron chi connectivity index (χ1n) is 8.21. The van der Waals surface area contributed by atoms with Gasteiger partial charge in [-0.1, -0.05) is 12.1 Å². The fourth-order valence-electron chi connectivity index (χ4n) is 3.10. The second-order valence-electron chi connectivity index (χ2n) is 6.01. The minimum Gasteiger partial charge on any atom is -0.368 e. The molecule has 0 bridgehead atoms. The van der Waals surface area contributed by atoms with Crippen molar-refractivity contribution in [2.75, 3.05) is 26.7 Å². The first kappa shape index (κ1) is 16.0. The van der Waals surface area contributed by atoms with E-state index in [-0.39, 0.29) is 5.91 Å². The molecule has 0 unspecified atom stereocenters. The zero-order chi connectivity index (χ0) is 16.1. The third kappa shape index (κ3) is 3.54. The minimum absolute atomic E-state index is 0.00565. The van der Waals surface area contributed by atoms with Crippen LogP contribution in [0.3, 0.4) is 0 Å². The molecule has 0 atom stereocenters. The number of H-pyrrole nitrogens is 1. The van der Waals surface area contributed by atoms with Gasteiger partial charge in [-0.25, -0.2) is 4.98 Å². The number of carbonyl (C=O) groups is 1. The summed E-state index contributed by atoms with van der Waals surface area (Å²) in [7, 11) is 1.62. The quantitative estimate of drug-likeness (QED) is 0.704. The molecular formula is C17H24N4O2. The van der Waals surface area contributed by atoms with Gasteiger partial charge < -0.3 is 20.4 Å². The molecule has 1 aromatic carbocycles. The summed E-state index contributed by atoms with van der Waals surface area (Å²) in [5.41, 5.74) is 1.38. The number of hydrogen-bond acceptors (Lipinski definition) is 4. The molecule has 3 rings (SSSR count). The van der Waals surface area contributed by atoms with Gasteiger partial charge in [-0.05, 0) is 44.5 Å². The average molecular weight is 316 g/mol. The Morgan fingerprint density at radius 1 is 1.35 bits per heavy atom. The van der Waals surface area contributed by atoms with E-state index < -0.39 is 5.60 Å². The molecule has 1 fully saturated rings. The van der Waals surface area contributed by atoms with Crippen molar-refractivity contribution in [1.29, 1.82) is 0 Å². The smallest absolute Gasteiger partial charge is 0.252 e. The number of hydrogen-bond donors (Lipinski definition) is 3. The van der Waals surface area contributed by atoms with E-state index in [1.807, 2.05) is 24.3 Å². The van der Waals surface area contributed by atoms with Gasteiger partial charge in [0.25, 0.3) is 5.91 Å². The Kier molecular flexibility index (Phi) is 4.93. The number of imidazole rings is 1. The number of nitrogens with one attached hydrogen (secondary N) is 3. The SMILES string of the molecule is COC1(C(=O)NCCCc2nc3ccccc3[nH]2)CCNCC1. The van der Waals surface area contributed by atoms with Crippen molar-refractivity contribution in [3.8, 4) is 0 Å². The van der Waals surface area contributed by atoms with Crippen LogP contribution in [0.1, 0.15) is 25.1 Å². The lowest BCUT2D eigenvalue weighted by Gasteiger charge is -2.34. The summed E-state index contributed by atoms with van der Waals surface area (Å²) in [5, 5.41) is 6.27. The first-order chi connectivity index (χ1) is 11.2. The summed E-state index contributed by atoms with van der Waals surface area (Å²) in [6, 6.07) is 7.99. The van der Waals surface area contributed by atoms with Gasteiger partial charge in [-0.2, -0.15) is 0 Å². The van der Waals surface area contributed by atoms with Crippen molar-refractivity contribution in [3.05, 3.63) is 30.1 Å². The number of nitrogens with zero attached hydrogens (tertiary/aromatic N) is 1. The molecule has 3 N–H and O–H groups in total. The van der Waals surface area contributed by atoms with E-state index >= 15 is 0 Å². The molecule has 1 amide bonds. The van der Waals surface area contributed by atoms with Crippen molar-refractivity contribution < 1.29 is 9.53 Å². The number of ether oxygens (including phenoxy) is 1. The van der Waals surface area contributed by atoms with Crippen LogP contribution in [-0.2, 0) is 16.0 Å². The number of aromatic nitrogens is 2. The molecule has 2 heterocycles. The highest BCUT2D eigenvalue weighted by Gasteiger charge is 2.39. The number of aromatic amines is 1. The molecule has 0 spiro atoms. The van der Waals surface area contributed by atoms with Gasteiger partial charge >= 0.3 is 0 Å². The molecule has 0 aliphatic carbocycles. The molecular weight excluding hydrogens is 292 g/mol. The molecule has 0 saturated carbocycles. The van der Waals surface area contributed by atoms with Gasteiger partial charge in [0.05, 0.1) is 11.0 Å². The summed E-state index contributed by atoms with van der Waals surface area (Å²) in [5.74, 6) is 0.967. The fourth-order valence-corrected chi connectivity index (χ4v) is 3.10. The number of methoxy groups -OCH3 is 1. The number of carbonyl (C=O) groups excluding carboxylic acids is 1. The highest BCUT2D eigenvalue weighted by molar-refractivity contribution is 5.85. The fraction of sp³-hybridized carbons (Fsp3) is 0.529. The third-order valence-electron chi connectivity index (χ3n) is 4.53. The maximum absolute atomic E-state index is 12.4. The highest BCUT2D eigenvalue weighted by Crippen LogP contribution is 2.22. The Morgan fingerprint density at radius 3 is 2.87 bits per heavy atom. The van der Waals surface area contributed by atoms with Crippen LogP contribution < -0.4 is 10.6 Å². The first-order valence-corrected chi connectivity index (χ1v) is 8.21. The number of benzene rings is 1. The largest absolute Gasteiger partial charge is 0.368 e. The minimum atomic E-state index is -0.662. The summed E-state index contributed by atoms with van der Waals surface area (Å²) < 4.78 is 5.53.